The van der Waals surface area contributed by atoms with Gasteiger partial charge in [-0.2, -0.15) is 0 Å². The molecule has 1 aliphatic heterocycles. The van der Waals surface area contributed by atoms with Gasteiger partial charge in [-0.1, -0.05) is 44.0 Å². The average molecular weight is 351 g/mol. The van der Waals surface area contributed by atoms with Gasteiger partial charge in [0.15, 0.2) is 0 Å². The van der Waals surface area contributed by atoms with E-state index in [2.05, 4.69) is 37.2 Å². The van der Waals surface area contributed by atoms with Crippen LogP contribution in [0.5, 0.6) is 0 Å². The van der Waals surface area contributed by atoms with E-state index >= 15 is 0 Å². The number of hydrogen-bond acceptors (Lipinski definition) is 4. The van der Waals surface area contributed by atoms with E-state index in [4.69, 9.17) is 4.74 Å². The highest BCUT2D eigenvalue weighted by molar-refractivity contribution is 8.17. The first-order chi connectivity index (χ1) is 11.7. The molecule has 4 heteroatoms. The molecule has 2 rings (SSSR count). The summed E-state index contributed by atoms with van der Waals surface area (Å²) < 4.78 is 5.58. The van der Waals surface area contributed by atoms with E-state index in [1.807, 2.05) is 18.8 Å². The molecule has 0 bridgehead atoms. The van der Waals surface area contributed by atoms with Crippen LogP contribution in [0.2, 0.25) is 0 Å². The van der Waals surface area contributed by atoms with Gasteiger partial charge in [0, 0.05) is 31.2 Å². The molecule has 0 amide bonds. The summed E-state index contributed by atoms with van der Waals surface area (Å²) in [5, 5.41) is 6.33. The molecular formula is C20H34N2OS. The number of nitrogens with one attached hydrogen (secondary N) is 1. The molecule has 0 aromatic carbocycles. The zero-order valence-corrected chi connectivity index (χ0v) is 16.7. The summed E-state index contributed by atoms with van der Waals surface area (Å²) in [6.07, 6.45) is 11.1. The lowest BCUT2D eigenvalue weighted by Crippen LogP contribution is -2.23. The van der Waals surface area contributed by atoms with E-state index in [0.29, 0.717) is 11.8 Å². The van der Waals surface area contributed by atoms with Crippen LogP contribution in [0.1, 0.15) is 65.7 Å². The highest BCUT2D eigenvalue weighted by atomic mass is 32.2. The molecule has 0 aromatic rings. The predicted octanol–water partition coefficient (Wildman–Crippen LogP) is 5.50. The van der Waals surface area contributed by atoms with Crippen molar-refractivity contribution in [3.8, 4) is 0 Å². The quantitative estimate of drug-likeness (QED) is 0.507. The molecule has 136 valence electrons. The largest absolute Gasteiger partial charge is 0.381 e. The Morgan fingerprint density at radius 2 is 1.96 bits per heavy atom. The maximum atomic E-state index is 5.58. The van der Waals surface area contributed by atoms with E-state index in [-0.39, 0.29) is 0 Å². The van der Waals surface area contributed by atoms with Crippen LogP contribution >= 0.6 is 11.8 Å². The molecule has 24 heavy (non-hydrogen) atoms. The van der Waals surface area contributed by atoms with Crippen LogP contribution in [0.3, 0.4) is 0 Å². The van der Waals surface area contributed by atoms with E-state index in [1.165, 1.54) is 53.4 Å². The minimum Gasteiger partial charge on any atom is -0.381 e. The molecule has 0 spiro atoms. The first kappa shape index (κ1) is 19.6. The molecule has 1 saturated carbocycles. The molecule has 1 aliphatic carbocycles. The Bertz CT molecular complexity index is 484. The number of thioether (sulfide) groups is 1. The van der Waals surface area contributed by atoms with E-state index in [9.17, 15) is 0 Å². The minimum atomic E-state index is 0.506. The van der Waals surface area contributed by atoms with Crippen LogP contribution in [0.15, 0.2) is 27.4 Å². The molecule has 1 N–H and O–H groups in total. The number of aliphatic imine (C=N–C) groups is 1. The van der Waals surface area contributed by atoms with Crippen LogP contribution in [0, 0.1) is 11.8 Å². The Kier molecular flexibility index (Phi) is 8.40. The van der Waals surface area contributed by atoms with Gasteiger partial charge in [-0.3, -0.25) is 4.99 Å². The normalized spacial score (nSPS) is 24.9. The zero-order chi connectivity index (χ0) is 17.4. The standard InChI is InChI=1S/C20H34N2OS/c1-5-15(3)19(22-18(6-2)17-12-13-23-14-17)24-20(21-4)16-10-8-7-9-11-16/h6,16-17,22H,5,7-14H2,1-4H3/b18-6-,19-15-,21-20-. The van der Waals surface area contributed by atoms with Crippen LogP contribution in [0.25, 0.3) is 0 Å². The highest BCUT2D eigenvalue weighted by Gasteiger charge is 2.24. The van der Waals surface area contributed by atoms with Crippen molar-refractivity contribution in [2.75, 3.05) is 20.3 Å². The van der Waals surface area contributed by atoms with Gasteiger partial charge in [0.05, 0.1) is 16.7 Å². The monoisotopic (exact) mass is 350 g/mol. The van der Waals surface area contributed by atoms with E-state index in [1.54, 1.807) is 0 Å². The van der Waals surface area contributed by atoms with Crippen molar-refractivity contribution in [2.45, 2.75) is 65.7 Å². The van der Waals surface area contributed by atoms with Crippen molar-refractivity contribution < 1.29 is 4.74 Å². The molecule has 2 aliphatic rings. The molecular weight excluding hydrogens is 316 g/mol. The van der Waals surface area contributed by atoms with Crippen LogP contribution in [-0.2, 0) is 4.74 Å². The van der Waals surface area contributed by atoms with Gasteiger partial charge in [0.1, 0.15) is 0 Å². The summed E-state index contributed by atoms with van der Waals surface area (Å²) in [5.74, 6) is 1.16. The zero-order valence-electron chi connectivity index (χ0n) is 15.9. The number of allylic oxidation sites excluding steroid dienone is 2. The lowest BCUT2D eigenvalue weighted by Gasteiger charge is -2.25. The molecule has 2 fully saturated rings. The number of ether oxygens (including phenoxy) is 1. The first-order valence-corrected chi connectivity index (χ1v) is 10.4. The molecule has 1 heterocycles. The third-order valence-corrected chi connectivity index (χ3v) is 6.62. The smallest absolute Gasteiger partial charge is 0.0772 e. The molecule has 1 atom stereocenters. The molecule has 1 unspecified atom stereocenters. The van der Waals surface area contributed by atoms with Gasteiger partial charge in [-0.25, -0.2) is 0 Å². The van der Waals surface area contributed by atoms with Gasteiger partial charge >= 0.3 is 0 Å². The van der Waals surface area contributed by atoms with Gasteiger partial charge in [-0.05, 0) is 45.1 Å². The molecule has 0 radical (unpaired) electrons. The Balaban J connectivity index is 2.10. The maximum Gasteiger partial charge on any atom is 0.0772 e. The second-order valence-electron chi connectivity index (χ2n) is 6.89. The van der Waals surface area contributed by atoms with Gasteiger partial charge in [-0.15, -0.1) is 0 Å². The molecule has 3 nitrogen and oxygen atoms in total. The third-order valence-electron chi connectivity index (χ3n) is 5.24. The lowest BCUT2D eigenvalue weighted by atomic mass is 9.90. The van der Waals surface area contributed by atoms with Crippen LogP contribution < -0.4 is 5.32 Å². The summed E-state index contributed by atoms with van der Waals surface area (Å²) in [7, 11) is 1.96. The second-order valence-corrected chi connectivity index (χ2v) is 7.92. The molecule has 0 aromatic heterocycles. The van der Waals surface area contributed by atoms with Crippen molar-refractivity contribution in [3.05, 3.63) is 22.4 Å². The van der Waals surface area contributed by atoms with Crippen molar-refractivity contribution in [1.29, 1.82) is 0 Å². The number of rotatable bonds is 6. The third kappa shape index (κ3) is 5.38. The predicted molar refractivity (Wildman–Crippen MR) is 106 cm³/mol. The SMILES string of the molecule is C/C=C(\N/C(S/C(=N\C)C1CCCCC1)=C(\C)CC)C1CCOC1. The maximum absolute atomic E-state index is 5.58. The topological polar surface area (TPSA) is 33.6 Å². The van der Waals surface area contributed by atoms with Crippen molar-refractivity contribution in [3.63, 3.8) is 0 Å². The van der Waals surface area contributed by atoms with Gasteiger partial charge in [0.25, 0.3) is 0 Å². The fourth-order valence-corrected chi connectivity index (χ4v) is 4.66. The van der Waals surface area contributed by atoms with Crippen molar-refractivity contribution >= 4 is 16.8 Å². The summed E-state index contributed by atoms with van der Waals surface area (Å²) in [5.41, 5.74) is 2.72. The van der Waals surface area contributed by atoms with Crippen LogP contribution in [0.4, 0.5) is 0 Å². The molecule has 1 saturated heterocycles. The van der Waals surface area contributed by atoms with Gasteiger partial charge in [0.2, 0.25) is 0 Å². The highest BCUT2D eigenvalue weighted by Crippen LogP contribution is 2.34. The number of nitrogens with zero attached hydrogens (tertiary/aromatic N) is 1. The summed E-state index contributed by atoms with van der Waals surface area (Å²) >= 11 is 1.87. The van der Waals surface area contributed by atoms with Crippen LogP contribution in [-0.4, -0.2) is 25.3 Å². The summed E-state index contributed by atoms with van der Waals surface area (Å²) in [4.78, 5) is 4.66. The average Bonchev–Trinajstić information content (AvgIpc) is 3.16. The lowest BCUT2D eigenvalue weighted by molar-refractivity contribution is 0.189. The van der Waals surface area contributed by atoms with Crippen molar-refractivity contribution in [1.82, 2.24) is 5.32 Å². The first-order valence-electron chi connectivity index (χ1n) is 9.54. The fourth-order valence-electron chi connectivity index (χ4n) is 3.47. The fraction of sp³-hybridized carbons (Fsp3) is 0.750. The summed E-state index contributed by atoms with van der Waals surface area (Å²) in [6.45, 7) is 8.32. The van der Waals surface area contributed by atoms with E-state index < -0.39 is 0 Å². The van der Waals surface area contributed by atoms with Crippen molar-refractivity contribution in [2.24, 2.45) is 16.8 Å². The second kappa shape index (κ2) is 10.3. The Morgan fingerprint density at radius 1 is 1.21 bits per heavy atom. The Labute approximate surface area is 152 Å². The summed E-state index contributed by atoms with van der Waals surface area (Å²) in [6, 6.07) is 0. The van der Waals surface area contributed by atoms with Gasteiger partial charge < -0.3 is 10.1 Å². The number of hydrogen-bond donors (Lipinski definition) is 1. The Hall–Kier alpha value is -0.740. The minimum absolute atomic E-state index is 0.506. The van der Waals surface area contributed by atoms with E-state index in [0.717, 1.165) is 26.1 Å². The Morgan fingerprint density at radius 3 is 2.50 bits per heavy atom.